The molecule has 0 spiro atoms. The Bertz CT molecular complexity index is 301. The van der Waals surface area contributed by atoms with Gasteiger partial charge in [-0.2, -0.15) is 0 Å². The SMILES string of the molecule is CCCOc1ccc(C(COCC)NN)cc1. The van der Waals surface area contributed by atoms with Gasteiger partial charge in [0.25, 0.3) is 0 Å². The van der Waals surface area contributed by atoms with Crippen molar-refractivity contribution >= 4 is 0 Å². The van der Waals surface area contributed by atoms with Gasteiger partial charge in [-0.1, -0.05) is 19.1 Å². The minimum atomic E-state index is 0.0233. The summed E-state index contributed by atoms with van der Waals surface area (Å²) in [6, 6.07) is 7.96. The van der Waals surface area contributed by atoms with Gasteiger partial charge in [-0.3, -0.25) is 11.3 Å². The summed E-state index contributed by atoms with van der Waals surface area (Å²) in [5.41, 5.74) is 3.85. The molecule has 4 nitrogen and oxygen atoms in total. The fourth-order valence-corrected chi connectivity index (χ4v) is 1.49. The van der Waals surface area contributed by atoms with Gasteiger partial charge in [-0.05, 0) is 31.0 Å². The molecule has 0 bridgehead atoms. The summed E-state index contributed by atoms with van der Waals surface area (Å²) in [7, 11) is 0. The Morgan fingerprint density at radius 3 is 2.47 bits per heavy atom. The summed E-state index contributed by atoms with van der Waals surface area (Å²) in [5.74, 6) is 6.39. The molecular weight excluding hydrogens is 216 g/mol. The van der Waals surface area contributed by atoms with Crippen molar-refractivity contribution in [3.63, 3.8) is 0 Å². The Balaban J connectivity index is 2.57. The second-order valence-electron chi connectivity index (χ2n) is 3.80. The van der Waals surface area contributed by atoms with Gasteiger partial charge in [-0.25, -0.2) is 0 Å². The summed E-state index contributed by atoms with van der Waals surface area (Å²) >= 11 is 0. The lowest BCUT2D eigenvalue weighted by atomic mass is 10.1. The van der Waals surface area contributed by atoms with Gasteiger partial charge in [0.1, 0.15) is 5.75 Å². The van der Waals surface area contributed by atoms with E-state index in [0.717, 1.165) is 24.3 Å². The van der Waals surface area contributed by atoms with Crippen LogP contribution in [0, 0.1) is 0 Å². The van der Waals surface area contributed by atoms with Crippen LogP contribution >= 0.6 is 0 Å². The first-order valence-electron chi connectivity index (χ1n) is 6.08. The van der Waals surface area contributed by atoms with Crippen LogP contribution in [0.25, 0.3) is 0 Å². The molecule has 96 valence electrons. The Morgan fingerprint density at radius 2 is 1.94 bits per heavy atom. The normalized spacial score (nSPS) is 12.4. The van der Waals surface area contributed by atoms with Crippen LogP contribution < -0.4 is 16.0 Å². The van der Waals surface area contributed by atoms with Crippen LogP contribution in [0.1, 0.15) is 31.9 Å². The molecule has 0 aliphatic heterocycles. The lowest BCUT2D eigenvalue weighted by molar-refractivity contribution is 0.123. The summed E-state index contributed by atoms with van der Waals surface area (Å²) in [5, 5.41) is 0. The van der Waals surface area contributed by atoms with E-state index in [9.17, 15) is 0 Å². The number of nitrogens with two attached hydrogens (primary N) is 1. The highest BCUT2D eigenvalue weighted by molar-refractivity contribution is 5.29. The Kier molecular flexibility index (Phi) is 6.62. The van der Waals surface area contributed by atoms with Crippen LogP contribution in [-0.2, 0) is 4.74 Å². The highest BCUT2D eigenvalue weighted by Gasteiger charge is 2.09. The zero-order valence-electron chi connectivity index (χ0n) is 10.6. The molecule has 4 heteroatoms. The van der Waals surface area contributed by atoms with Gasteiger partial charge in [0.2, 0.25) is 0 Å². The number of benzene rings is 1. The highest BCUT2D eigenvalue weighted by Crippen LogP contribution is 2.17. The first kappa shape index (κ1) is 14.0. The molecule has 1 rings (SSSR count). The molecule has 0 heterocycles. The molecular formula is C13H22N2O2. The second-order valence-corrected chi connectivity index (χ2v) is 3.80. The van der Waals surface area contributed by atoms with E-state index in [1.807, 2.05) is 31.2 Å². The Hall–Kier alpha value is -1.10. The third-order valence-corrected chi connectivity index (χ3v) is 2.45. The largest absolute Gasteiger partial charge is 0.494 e. The van der Waals surface area contributed by atoms with Crippen molar-refractivity contribution in [2.75, 3.05) is 19.8 Å². The predicted octanol–water partition coefficient (Wildman–Crippen LogP) is 2.02. The quantitative estimate of drug-likeness (QED) is 0.537. The van der Waals surface area contributed by atoms with Gasteiger partial charge in [0.05, 0.1) is 19.3 Å². The summed E-state index contributed by atoms with van der Waals surface area (Å²) < 4.78 is 10.9. The average molecular weight is 238 g/mol. The predicted molar refractivity (Wildman–Crippen MR) is 68.8 cm³/mol. The lowest BCUT2D eigenvalue weighted by Crippen LogP contribution is -2.31. The van der Waals surface area contributed by atoms with E-state index >= 15 is 0 Å². The number of rotatable bonds is 8. The number of hydrogen-bond donors (Lipinski definition) is 2. The number of nitrogens with one attached hydrogen (secondary N) is 1. The fourth-order valence-electron chi connectivity index (χ4n) is 1.49. The molecule has 0 amide bonds. The van der Waals surface area contributed by atoms with E-state index in [1.165, 1.54) is 0 Å². The van der Waals surface area contributed by atoms with Crippen molar-refractivity contribution in [1.29, 1.82) is 0 Å². The average Bonchev–Trinajstić information content (AvgIpc) is 2.38. The van der Waals surface area contributed by atoms with Crippen LogP contribution in [0.15, 0.2) is 24.3 Å². The molecule has 0 aliphatic carbocycles. The molecule has 0 aromatic heterocycles. The zero-order chi connectivity index (χ0) is 12.5. The van der Waals surface area contributed by atoms with E-state index in [2.05, 4.69) is 12.3 Å². The van der Waals surface area contributed by atoms with Crippen molar-refractivity contribution in [3.05, 3.63) is 29.8 Å². The fraction of sp³-hybridized carbons (Fsp3) is 0.538. The van der Waals surface area contributed by atoms with Crippen molar-refractivity contribution in [1.82, 2.24) is 5.43 Å². The van der Waals surface area contributed by atoms with E-state index in [0.29, 0.717) is 13.2 Å². The summed E-state index contributed by atoms with van der Waals surface area (Å²) in [6.45, 7) is 6.06. The maximum Gasteiger partial charge on any atom is 0.119 e. The van der Waals surface area contributed by atoms with E-state index in [1.54, 1.807) is 0 Å². The highest BCUT2D eigenvalue weighted by atomic mass is 16.5. The molecule has 0 saturated heterocycles. The van der Waals surface area contributed by atoms with Crippen LogP contribution in [0.2, 0.25) is 0 Å². The maximum absolute atomic E-state index is 5.52. The Morgan fingerprint density at radius 1 is 1.24 bits per heavy atom. The van der Waals surface area contributed by atoms with Gasteiger partial charge < -0.3 is 9.47 Å². The van der Waals surface area contributed by atoms with Crippen LogP contribution in [0.5, 0.6) is 5.75 Å². The van der Waals surface area contributed by atoms with Crippen molar-refractivity contribution in [2.45, 2.75) is 26.3 Å². The minimum absolute atomic E-state index is 0.0233. The first-order chi connectivity index (χ1) is 8.31. The van der Waals surface area contributed by atoms with Crippen LogP contribution in [0.4, 0.5) is 0 Å². The van der Waals surface area contributed by atoms with E-state index in [4.69, 9.17) is 15.3 Å². The first-order valence-corrected chi connectivity index (χ1v) is 6.08. The van der Waals surface area contributed by atoms with Gasteiger partial charge >= 0.3 is 0 Å². The molecule has 1 aromatic rings. The molecule has 0 fully saturated rings. The molecule has 17 heavy (non-hydrogen) atoms. The van der Waals surface area contributed by atoms with Crippen molar-refractivity contribution in [3.8, 4) is 5.75 Å². The van der Waals surface area contributed by atoms with E-state index in [-0.39, 0.29) is 6.04 Å². The molecule has 1 unspecified atom stereocenters. The molecule has 1 aromatic carbocycles. The smallest absolute Gasteiger partial charge is 0.119 e. The van der Waals surface area contributed by atoms with Crippen molar-refractivity contribution < 1.29 is 9.47 Å². The third-order valence-electron chi connectivity index (χ3n) is 2.45. The lowest BCUT2D eigenvalue weighted by Gasteiger charge is -2.16. The van der Waals surface area contributed by atoms with Crippen molar-refractivity contribution in [2.24, 2.45) is 5.84 Å². The molecule has 0 aliphatic rings. The number of hydrogen-bond acceptors (Lipinski definition) is 4. The molecule has 0 radical (unpaired) electrons. The standard InChI is InChI=1S/C13H22N2O2/c1-3-9-17-12-7-5-11(6-8-12)13(15-14)10-16-4-2/h5-8,13,15H,3-4,9-10,14H2,1-2H3. The summed E-state index contributed by atoms with van der Waals surface area (Å²) in [4.78, 5) is 0. The zero-order valence-corrected chi connectivity index (χ0v) is 10.6. The molecule has 0 saturated carbocycles. The maximum atomic E-state index is 5.52. The monoisotopic (exact) mass is 238 g/mol. The molecule has 1 atom stereocenters. The van der Waals surface area contributed by atoms with E-state index < -0.39 is 0 Å². The van der Waals surface area contributed by atoms with Crippen LogP contribution in [0.3, 0.4) is 0 Å². The number of hydrazine groups is 1. The number of ether oxygens (including phenoxy) is 2. The van der Waals surface area contributed by atoms with Gasteiger partial charge in [0.15, 0.2) is 0 Å². The minimum Gasteiger partial charge on any atom is -0.494 e. The Labute approximate surface area is 103 Å². The van der Waals surface area contributed by atoms with Gasteiger partial charge in [0, 0.05) is 6.61 Å². The van der Waals surface area contributed by atoms with Crippen LogP contribution in [-0.4, -0.2) is 19.8 Å². The molecule has 3 N–H and O–H groups in total. The summed E-state index contributed by atoms with van der Waals surface area (Å²) in [6.07, 6.45) is 1.01. The second kappa shape index (κ2) is 8.06. The topological polar surface area (TPSA) is 56.5 Å². The van der Waals surface area contributed by atoms with Gasteiger partial charge in [-0.15, -0.1) is 0 Å². The third kappa shape index (κ3) is 4.73.